The molecular formula is C40H45N5O5S. The van der Waals surface area contributed by atoms with Crippen molar-refractivity contribution in [3.05, 3.63) is 87.8 Å². The Morgan fingerprint density at radius 3 is 2.47 bits per heavy atom. The Balaban J connectivity index is 1.19. The predicted molar refractivity (Wildman–Crippen MR) is 194 cm³/mol. The maximum absolute atomic E-state index is 14.9. The number of aryl methyl sites for hydroxylation is 1. The number of methoxy groups -OCH3 is 1. The summed E-state index contributed by atoms with van der Waals surface area (Å²) in [7, 11) is -0.355. The first kappa shape index (κ1) is 32.7. The molecule has 0 spiro atoms. The van der Waals surface area contributed by atoms with E-state index in [4.69, 9.17) is 4.74 Å². The average molecular weight is 708 g/mol. The number of sulfonamides is 1. The molecule has 11 heteroatoms. The first-order chi connectivity index (χ1) is 24.6. The fourth-order valence-electron chi connectivity index (χ4n) is 10.0. The van der Waals surface area contributed by atoms with E-state index in [0.29, 0.717) is 24.5 Å². The van der Waals surface area contributed by atoms with Gasteiger partial charge >= 0.3 is 0 Å². The topological polar surface area (TPSA) is 114 Å². The molecule has 5 heterocycles. The number of nitrogens with zero attached hydrogens (tertiary/aromatic N) is 4. The lowest BCUT2D eigenvalue weighted by atomic mass is 9.75. The van der Waals surface area contributed by atoms with Crippen molar-refractivity contribution < 1.29 is 22.7 Å². The van der Waals surface area contributed by atoms with Gasteiger partial charge in [0, 0.05) is 54.9 Å². The van der Waals surface area contributed by atoms with Crippen molar-refractivity contribution in [3.8, 4) is 5.75 Å². The number of carbonyl (C=O) groups is 2. The van der Waals surface area contributed by atoms with E-state index >= 15 is 0 Å². The molecule has 6 aliphatic rings. The molecule has 3 unspecified atom stereocenters. The van der Waals surface area contributed by atoms with Gasteiger partial charge in [-0.15, -0.1) is 0 Å². The maximum atomic E-state index is 14.9. The lowest BCUT2D eigenvalue weighted by Crippen LogP contribution is -2.56. The van der Waals surface area contributed by atoms with Gasteiger partial charge in [-0.1, -0.05) is 43.5 Å². The second-order valence-electron chi connectivity index (χ2n) is 15.5. The largest absolute Gasteiger partial charge is 0.496 e. The molecule has 2 saturated heterocycles. The summed E-state index contributed by atoms with van der Waals surface area (Å²) in [6, 6.07) is 10.0. The highest BCUT2D eigenvalue weighted by Crippen LogP contribution is 2.55. The third kappa shape index (κ3) is 5.29. The van der Waals surface area contributed by atoms with Crippen molar-refractivity contribution in [3.63, 3.8) is 0 Å². The van der Waals surface area contributed by atoms with Gasteiger partial charge in [0.25, 0.3) is 15.9 Å². The van der Waals surface area contributed by atoms with Crippen LogP contribution < -0.4 is 9.46 Å². The zero-order chi connectivity index (χ0) is 35.2. The van der Waals surface area contributed by atoms with Crippen molar-refractivity contribution in [1.29, 1.82) is 0 Å². The molecule has 1 saturated carbocycles. The Morgan fingerprint density at radius 2 is 1.76 bits per heavy atom. The number of hydrogen-bond donors (Lipinski definition) is 1. The maximum Gasteiger partial charge on any atom is 0.281 e. The Morgan fingerprint density at radius 1 is 1.00 bits per heavy atom. The number of pyridine rings is 1. The van der Waals surface area contributed by atoms with Crippen LogP contribution >= 0.6 is 0 Å². The Hall–Kier alpha value is -4.22. The molecule has 4 atom stereocenters. The Kier molecular flexibility index (Phi) is 7.81. The summed E-state index contributed by atoms with van der Waals surface area (Å²) in [4.78, 5) is 37.5. The molecule has 2 aromatic heterocycles. The van der Waals surface area contributed by atoms with Crippen LogP contribution in [0.4, 0.5) is 0 Å². The second-order valence-corrected chi connectivity index (χ2v) is 17.1. The third-order valence-corrected chi connectivity index (χ3v) is 13.6. The highest BCUT2D eigenvalue weighted by molar-refractivity contribution is 7.90. The van der Waals surface area contributed by atoms with Crippen LogP contribution in [0.2, 0.25) is 0 Å². The fourth-order valence-corrected chi connectivity index (χ4v) is 10.9. The summed E-state index contributed by atoms with van der Waals surface area (Å²) in [5, 5.41) is 0.829. The molecule has 3 aromatic rings. The van der Waals surface area contributed by atoms with Gasteiger partial charge < -0.3 is 19.1 Å². The SMILES string of the molecule is COc1ccc(C2CCCCC2)c2c1cc1n2CC2=C(C(=O)NS(=O)(=O)c3ccc(C)cn3)C2=C2C=CC[C@@H](C(=O)N3C4CCC3CN(C)C4)C21. The van der Waals surface area contributed by atoms with E-state index in [9.17, 15) is 18.0 Å². The van der Waals surface area contributed by atoms with Crippen LogP contribution in [0.3, 0.4) is 0 Å². The minimum Gasteiger partial charge on any atom is -0.496 e. The van der Waals surface area contributed by atoms with Crippen molar-refractivity contribution in [2.24, 2.45) is 5.92 Å². The van der Waals surface area contributed by atoms with Crippen LogP contribution in [-0.2, 0) is 26.2 Å². The van der Waals surface area contributed by atoms with E-state index in [1.807, 2.05) is 6.92 Å². The molecular weight excluding hydrogens is 663 g/mol. The van der Waals surface area contributed by atoms with Crippen LogP contribution in [-0.4, -0.2) is 78.9 Å². The van der Waals surface area contributed by atoms with Gasteiger partial charge in [-0.05, 0) is 98.0 Å². The van der Waals surface area contributed by atoms with Crippen LogP contribution in [0, 0.1) is 12.8 Å². The summed E-state index contributed by atoms with van der Waals surface area (Å²) in [5.41, 5.74) is 7.22. The smallest absolute Gasteiger partial charge is 0.281 e. The molecule has 10 nitrogen and oxygen atoms in total. The van der Waals surface area contributed by atoms with Gasteiger partial charge in [0.1, 0.15) is 5.75 Å². The number of nitrogens with one attached hydrogen (secondary N) is 1. The van der Waals surface area contributed by atoms with Gasteiger partial charge in [-0.25, -0.2) is 9.71 Å². The normalized spacial score (nSPS) is 26.1. The van der Waals surface area contributed by atoms with Crippen LogP contribution in [0.25, 0.3) is 10.9 Å². The Bertz CT molecular complexity index is 2160. The number of benzene rings is 1. The number of aromatic nitrogens is 2. The number of piperazine rings is 1. The third-order valence-electron chi connectivity index (χ3n) is 12.3. The van der Waals surface area contributed by atoms with Gasteiger partial charge in [0.15, 0.2) is 5.03 Å². The summed E-state index contributed by atoms with van der Waals surface area (Å²) in [5.74, 6) is 0.0859. The van der Waals surface area contributed by atoms with Crippen molar-refractivity contribution >= 4 is 32.7 Å². The quantitative estimate of drug-likeness (QED) is 0.361. The van der Waals surface area contributed by atoms with E-state index in [2.05, 4.69) is 61.5 Å². The predicted octanol–water partition coefficient (Wildman–Crippen LogP) is 5.49. The van der Waals surface area contributed by atoms with Crippen LogP contribution in [0.15, 0.2) is 76.0 Å². The highest BCUT2D eigenvalue weighted by atomic mass is 32.2. The molecule has 9 rings (SSSR count). The van der Waals surface area contributed by atoms with Gasteiger partial charge in [-0.2, -0.15) is 8.42 Å². The van der Waals surface area contributed by atoms with Gasteiger partial charge in [-0.3, -0.25) is 9.59 Å². The van der Waals surface area contributed by atoms with Gasteiger partial charge in [0.2, 0.25) is 5.91 Å². The molecule has 51 heavy (non-hydrogen) atoms. The number of amides is 2. The molecule has 1 aromatic carbocycles. The summed E-state index contributed by atoms with van der Waals surface area (Å²) in [6.07, 6.45) is 14.1. The van der Waals surface area contributed by atoms with Gasteiger partial charge in [0.05, 0.1) is 24.1 Å². The second kappa shape index (κ2) is 12.2. The molecule has 2 amide bonds. The standard InChI is InChI=1S/C40H45N5O5S/c1-23-12-17-34(41-19-23)51(48,49)42-39(46)37-31-22-44-32(18-30-33(50-3)16-15-27(38(30)44)24-8-5-4-6-9-24)35-28(36(31)37)10-7-11-29(35)40(47)45-25-13-14-26(45)21-43(2)20-25/h7,10,12,15-19,24-26,29,35H,4-6,8-9,11,13-14,20-22H2,1-3H3,(H,42,46)/t25?,26?,29-,35?/m1/s1. The Labute approximate surface area is 299 Å². The summed E-state index contributed by atoms with van der Waals surface area (Å²) in [6.45, 7) is 4.01. The molecule has 3 fully saturated rings. The molecule has 2 bridgehead atoms. The number of hydrogen-bond acceptors (Lipinski definition) is 7. The molecule has 3 aliphatic carbocycles. The van der Waals surface area contributed by atoms with Crippen LogP contribution in [0.5, 0.6) is 5.75 Å². The zero-order valence-corrected chi connectivity index (χ0v) is 30.3. The number of ether oxygens (including phenoxy) is 1. The lowest BCUT2D eigenvalue weighted by molar-refractivity contribution is -0.141. The van der Waals surface area contributed by atoms with Crippen molar-refractivity contribution in [2.45, 2.75) is 93.8 Å². The van der Waals surface area contributed by atoms with Crippen LogP contribution in [0.1, 0.15) is 80.0 Å². The summed E-state index contributed by atoms with van der Waals surface area (Å²) >= 11 is 0. The minimum absolute atomic E-state index is 0.183. The van der Waals surface area contributed by atoms with E-state index in [1.54, 1.807) is 13.2 Å². The number of carbonyl (C=O) groups excluding carboxylic acids is 2. The summed E-state index contributed by atoms with van der Waals surface area (Å²) < 4.78 is 37.3. The first-order valence-corrected chi connectivity index (χ1v) is 20.0. The van der Waals surface area contributed by atoms with E-state index < -0.39 is 15.9 Å². The number of fused-ring (bicyclic) bond motifs is 8. The minimum atomic E-state index is -4.20. The molecule has 1 N–H and O–H groups in total. The van der Waals surface area contributed by atoms with E-state index in [1.165, 1.54) is 37.1 Å². The fraction of sp³-hybridized carbons (Fsp3) is 0.475. The molecule has 266 valence electrons. The zero-order valence-electron chi connectivity index (χ0n) is 29.5. The number of likely N-dealkylation sites (N-methyl/N-ethyl adjacent to an activating group) is 1. The lowest BCUT2D eigenvalue weighted by Gasteiger charge is -2.43. The highest BCUT2D eigenvalue weighted by Gasteiger charge is 2.50. The average Bonchev–Trinajstić information content (AvgIpc) is 3.66. The number of allylic oxidation sites excluding steroid dienone is 4. The molecule has 0 radical (unpaired) electrons. The first-order valence-electron chi connectivity index (χ1n) is 18.5. The van der Waals surface area contributed by atoms with Crippen molar-refractivity contribution in [2.75, 3.05) is 27.2 Å². The molecule has 3 aliphatic heterocycles. The van der Waals surface area contributed by atoms with Crippen molar-refractivity contribution in [1.82, 2.24) is 24.1 Å². The number of rotatable bonds is 6. The van der Waals surface area contributed by atoms with E-state index in [0.717, 1.165) is 83.4 Å². The van der Waals surface area contributed by atoms with E-state index in [-0.39, 0.29) is 34.9 Å². The monoisotopic (exact) mass is 707 g/mol. The number of likely N-dealkylation sites (tertiary alicyclic amines) is 1.